The van der Waals surface area contributed by atoms with Crippen LogP contribution in [0.3, 0.4) is 0 Å². The molecule has 0 atom stereocenters. The number of carbonyl (C=O) groups excluding carboxylic acids is 1. The smallest absolute Gasteiger partial charge is 0.284 e. The molecule has 0 aliphatic heterocycles. The molecular formula is C13H15NO4. The number of ether oxygens (including phenoxy) is 2. The Morgan fingerprint density at radius 3 is 2.83 bits per heavy atom. The highest BCUT2D eigenvalue weighted by Crippen LogP contribution is 2.26. The van der Waals surface area contributed by atoms with Crippen LogP contribution in [0.4, 0.5) is 0 Å². The molecule has 0 fully saturated rings. The lowest BCUT2D eigenvalue weighted by Crippen LogP contribution is -2.13. The molecule has 0 bridgehead atoms. The van der Waals surface area contributed by atoms with Gasteiger partial charge in [-0.15, -0.1) is 0 Å². The van der Waals surface area contributed by atoms with E-state index in [0.29, 0.717) is 24.4 Å². The first-order chi connectivity index (χ1) is 8.74. The Morgan fingerprint density at radius 1 is 1.33 bits per heavy atom. The van der Waals surface area contributed by atoms with Crippen LogP contribution in [0.25, 0.3) is 11.0 Å². The van der Waals surface area contributed by atoms with Crippen molar-refractivity contribution in [1.29, 1.82) is 0 Å². The van der Waals surface area contributed by atoms with E-state index in [-0.39, 0.29) is 12.4 Å². The van der Waals surface area contributed by atoms with Gasteiger partial charge in [0, 0.05) is 18.1 Å². The number of nitrogens with two attached hydrogens (primary N) is 1. The third-order valence-corrected chi connectivity index (χ3v) is 2.60. The maximum atomic E-state index is 11.3. The molecule has 1 aromatic heterocycles. The molecule has 0 aliphatic carbocycles. The van der Waals surface area contributed by atoms with Crippen molar-refractivity contribution in [3.8, 4) is 0 Å². The number of hydrogen-bond acceptors (Lipinski definition) is 4. The molecule has 2 N–H and O–H groups in total. The lowest BCUT2D eigenvalue weighted by molar-refractivity contribution is 0.0611. The number of rotatable bonds is 6. The van der Waals surface area contributed by atoms with E-state index in [1.54, 1.807) is 13.2 Å². The molecule has 5 nitrogen and oxygen atoms in total. The van der Waals surface area contributed by atoms with Gasteiger partial charge in [0.1, 0.15) is 5.58 Å². The van der Waals surface area contributed by atoms with E-state index in [1.165, 1.54) is 0 Å². The minimum atomic E-state index is -0.587. The number of para-hydroxylation sites is 1. The summed E-state index contributed by atoms with van der Waals surface area (Å²) in [5.41, 5.74) is 6.62. The van der Waals surface area contributed by atoms with Crippen LogP contribution in [0.15, 0.2) is 28.7 Å². The lowest BCUT2D eigenvalue weighted by Gasteiger charge is -2.03. The quantitative estimate of drug-likeness (QED) is 0.790. The van der Waals surface area contributed by atoms with Gasteiger partial charge in [-0.2, -0.15) is 0 Å². The number of hydrogen-bond donors (Lipinski definition) is 1. The Kier molecular flexibility index (Phi) is 3.96. The first kappa shape index (κ1) is 12.6. The summed E-state index contributed by atoms with van der Waals surface area (Å²) >= 11 is 0. The summed E-state index contributed by atoms with van der Waals surface area (Å²) in [6.07, 6.45) is 0. The van der Waals surface area contributed by atoms with Gasteiger partial charge in [0.2, 0.25) is 0 Å². The summed E-state index contributed by atoms with van der Waals surface area (Å²) in [7, 11) is 1.60. The molecule has 1 heterocycles. The van der Waals surface area contributed by atoms with Gasteiger partial charge in [-0.25, -0.2) is 0 Å². The summed E-state index contributed by atoms with van der Waals surface area (Å²) in [6, 6.07) is 7.38. The van der Waals surface area contributed by atoms with Crippen molar-refractivity contribution in [3.05, 3.63) is 35.6 Å². The maximum Gasteiger partial charge on any atom is 0.284 e. The zero-order chi connectivity index (χ0) is 13.0. The van der Waals surface area contributed by atoms with Crippen molar-refractivity contribution in [2.75, 3.05) is 20.3 Å². The number of amides is 1. The summed E-state index contributed by atoms with van der Waals surface area (Å²) in [5, 5.41) is 0.851. The summed E-state index contributed by atoms with van der Waals surface area (Å²) in [5.74, 6) is -0.426. The zero-order valence-electron chi connectivity index (χ0n) is 10.1. The zero-order valence-corrected chi connectivity index (χ0v) is 10.1. The van der Waals surface area contributed by atoms with Gasteiger partial charge in [0.25, 0.3) is 5.91 Å². The SMILES string of the molecule is COCCOCc1c(C(N)=O)oc2ccccc12. The van der Waals surface area contributed by atoms with Crippen molar-refractivity contribution in [3.63, 3.8) is 0 Å². The van der Waals surface area contributed by atoms with E-state index < -0.39 is 5.91 Å². The van der Waals surface area contributed by atoms with E-state index >= 15 is 0 Å². The number of benzene rings is 1. The predicted octanol–water partition coefficient (Wildman–Crippen LogP) is 1.69. The molecule has 96 valence electrons. The largest absolute Gasteiger partial charge is 0.451 e. The molecule has 5 heteroatoms. The van der Waals surface area contributed by atoms with Crippen LogP contribution in [0.5, 0.6) is 0 Å². The molecule has 0 aliphatic rings. The Bertz CT molecular complexity index is 547. The fourth-order valence-electron chi connectivity index (χ4n) is 1.76. The van der Waals surface area contributed by atoms with Crippen LogP contribution >= 0.6 is 0 Å². The van der Waals surface area contributed by atoms with E-state index in [0.717, 1.165) is 5.39 Å². The Morgan fingerprint density at radius 2 is 2.11 bits per heavy atom. The van der Waals surface area contributed by atoms with Crippen LogP contribution in [-0.2, 0) is 16.1 Å². The predicted molar refractivity (Wildman–Crippen MR) is 66.3 cm³/mol. The molecule has 18 heavy (non-hydrogen) atoms. The molecule has 0 radical (unpaired) electrons. The first-order valence-corrected chi connectivity index (χ1v) is 5.61. The fraction of sp³-hybridized carbons (Fsp3) is 0.308. The number of furan rings is 1. The van der Waals surface area contributed by atoms with E-state index in [4.69, 9.17) is 19.6 Å². The minimum absolute atomic E-state index is 0.161. The molecule has 0 unspecified atom stereocenters. The summed E-state index contributed by atoms with van der Waals surface area (Å²) in [4.78, 5) is 11.3. The van der Waals surface area contributed by atoms with E-state index in [1.807, 2.05) is 18.2 Å². The van der Waals surface area contributed by atoms with Gasteiger partial charge in [-0.3, -0.25) is 4.79 Å². The highest BCUT2D eigenvalue weighted by Gasteiger charge is 2.17. The van der Waals surface area contributed by atoms with Crippen LogP contribution in [-0.4, -0.2) is 26.2 Å². The van der Waals surface area contributed by atoms with E-state index in [9.17, 15) is 4.79 Å². The second-order valence-corrected chi connectivity index (χ2v) is 3.82. The summed E-state index contributed by atoms with van der Waals surface area (Å²) in [6.45, 7) is 1.23. The average Bonchev–Trinajstić information content (AvgIpc) is 2.74. The maximum absolute atomic E-state index is 11.3. The van der Waals surface area contributed by atoms with Crippen molar-refractivity contribution in [1.82, 2.24) is 0 Å². The van der Waals surface area contributed by atoms with Crippen LogP contribution < -0.4 is 5.73 Å². The molecular weight excluding hydrogens is 234 g/mol. The number of carbonyl (C=O) groups is 1. The highest BCUT2D eigenvalue weighted by atomic mass is 16.5. The van der Waals surface area contributed by atoms with Gasteiger partial charge < -0.3 is 19.6 Å². The van der Waals surface area contributed by atoms with Crippen molar-refractivity contribution >= 4 is 16.9 Å². The van der Waals surface area contributed by atoms with Crippen molar-refractivity contribution < 1.29 is 18.7 Å². The fourth-order valence-corrected chi connectivity index (χ4v) is 1.76. The molecule has 1 amide bonds. The molecule has 1 aromatic carbocycles. The average molecular weight is 249 g/mol. The minimum Gasteiger partial charge on any atom is -0.451 e. The van der Waals surface area contributed by atoms with Crippen LogP contribution in [0, 0.1) is 0 Å². The Balaban J connectivity index is 2.27. The van der Waals surface area contributed by atoms with Crippen molar-refractivity contribution in [2.45, 2.75) is 6.61 Å². The standard InChI is InChI=1S/C13H15NO4/c1-16-6-7-17-8-10-9-4-2-3-5-11(9)18-12(10)13(14)15/h2-5H,6-8H2,1H3,(H2,14,15). The van der Waals surface area contributed by atoms with Gasteiger partial charge in [0.05, 0.1) is 19.8 Å². The van der Waals surface area contributed by atoms with Gasteiger partial charge in [-0.1, -0.05) is 18.2 Å². The lowest BCUT2D eigenvalue weighted by atomic mass is 10.1. The number of fused-ring (bicyclic) bond motifs is 1. The molecule has 2 rings (SSSR count). The topological polar surface area (TPSA) is 74.7 Å². The van der Waals surface area contributed by atoms with Crippen LogP contribution in [0.1, 0.15) is 16.1 Å². The number of methoxy groups -OCH3 is 1. The normalized spacial score (nSPS) is 10.9. The third-order valence-electron chi connectivity index (χ3n) is 2.60. The molecule has 0 saturated carbocycles. The monoisotopic (exact) mass is 249 g/mol. The molecule has 0 saturated heterocycles. The summed E-state index contributed by atoms with van der Waals surface area (Å²) < 4.78 is 15.7. The van der Waals surface area contributed by atoms with Gasteiger partial charge in [-0.05, 0) is 6.07 Å². The molecule has 0 spiro atoms. The highest BCUT2D eigenvalue weighted by molar-refractivity contribution is 5.98. The first-order valence-electron chi connectivity index (χ1n) is 5.61. The number of primary amides is 1. The third kappa shape index (κ3) is 2.52. The van der Waals surface area contributed by atoms with Gasteiger partial charge in [0.15, 0.2) is 5.76 Å². The van der Waals surface area contributed by atoms with Crippen LogP contribution in [0.2, 0.25) is 0 Å². The van der Waals surface area contributed by atoms with Crippen molar-refractivity contribution in [2.24, 2.45) is 5.73 Å². The second kappa shape index (κ2) is 5.66. The van der Waals surface area contributed by atoms with Gasteiger partial charge >= 0.3 is 0 Å². The molecule has 2 aromatic rings. The van der Waals surface area contributed by atoms with E-state index in [2.05, 4.69) is 0 Å². The second-order valence-electron chi connectivity index (χ2n) is 3.82. The Labute approximate surface area is 104 Å². The Hall–Kier alpha value is -1.85.